The number of quaternary nitrogens is 1. The summed E-state index contributed by atoms with van der Waals surface area (Å²) in [5.41, 5.74) is 3.79. The van der Waals surface area contributed by atoms with Gasteiger partial charge in [0.05, 0.1) is 12.4 Å². The Bertz CT molecular complexity index is 252. The highest BCUT2D eigenvalue weighted by Crippen LogP contribution is 2.20. The molecule has 0 saturated carbocycles. The van der Waals surface area contributed by atoms with E-state index in [4.69, 9.17) is 16.7 Å². The molecule has 0 amide bonds. The summed E-state index contributed by atoms with van der Waals surface area (Å²) in [4.78, 5) is 1.16. The second-order valence-corrected chi connectivity index (χ2v) is 4.34. The molecule has 0 aliphatic rings. The molecule has 4 N–H and O–H groups in total. The summed E-state index contributed by atoms with van der Waals surface area (Å²) in [7, 11) is 0. The lowest BCUT2D eigenvalue weighted by Crippen LogP contribution is -2.64. The Morgan fingerprint density at radius 2 is 2.00 bits per heavy atom. The van der Waals surface area contributed by atoms with E-state index in [1.807, 2.05) is 24.3 Å². The highest BCUT2D eigenvalue weighted by atomic mass is 35.5. The Kier molecular flexibility index (Phi) is 4.59. The molecule has 0 aliphatic carbocycles. The molecular formula is C9H13ClNOS+. The van der Waals surface area contributed by atoms with Crippen LogP contribution < -0.4 is 5.73 Å². The molecule has 0 heterocycles. The van der Waals surface area contributed by atoms with Crippen LogP contribution in [0, 0.1) is 0 Å². The zero-order chi connectivity index (χ0) is 9.68. The van der Waals surface area contributed by atoms with Crippen molar-refractivity contribution in [2.75, 3.05) is 12.4 Å². The minimum atomic E-state index is 0.0979. The summed E-state index contributed by atoms with van der Waals surface area (Å²) in [5.74, 6) is 0.831. The highest BCUT2D eigenvalue weighted by Gasteiger charge is 2.04. The van der Waals surface area contributed by atoms with Crippen molar-refractivity contribution in [3.05, 3.63) is 29.3 Å². The van der Waals surface area contributed by atoms with Crippen molar-refractivity contribution in [3.8, 4) is 0 Å². The van der Waals surface area contributed by atoms with Gasteiger partial charge in [-0.25, -0.2) is 0 Å². The maximum Gasteiger partial charge on any atom is 0.117 e. The molecule has 0 aliphatic heterocycles. The molecule has 1 rings (SSSR count). The lowest BCUT2D eigenvalue weighted by Gasteiger charge is -2.04. The fourth-order valence-electron chi connectivity index (χ4n) is 0.798. The van der Waals surface area contributed by atoms with Crippen LogP contribution in [0.4, 0.5) is 0 Å². The minimum absolute atomic E-state index is 0.0979. The number of thioether (sulfide) groups is 1. The van der Waals surface area contributed by atoms with Gasteiger partial charge in [0.15, 0.2) is 0 Å². The Hall–Kier alpha value is -0.220. The predicted octanol–water partition coefficient (Wildman–Crippen LogP) is 1.03. The van der Waals surface area contributed by atoms with Crippen LogP contribution in [-0.2, 0) is 0 Å². The van der Waals surface area contributed by atoms with Crippen molar-refractivity contribution >= 4 is 23.4 Å². The molecule has 0 spiro atoms. The first-order valence-corrected chi connectivity index (χ1v) is 5.41. The number of aliphatic hydroxyl groups is 1. The molecule has 0 aromatic heterocycles. The summed E-state index contributed by atoms with van der Waals surface area (Å²) in [6.07, 6.45) is 0. The first kappa shape index (κ1) is 10.9. The van der Waals surface area contributed by atoms with Crippen molar-refractivity contribution in [2.45, 2.75) is 10.9 Å². The van der Waals surface area contributed by atoms with E-state index in [2.05, 4.69) is 5.73 Å². The molecular weight excluding hydrogens is 206 g/mol. The summed E-state index contributed by atoms with van der Waals surface area (Å²) in [6.45, 7) is 0.139. The van der Waals surface area contributed by atoms with Crippen molar-refractivity contribution in [3.63, 3.8) is 0 Å². The summed E-state index contributed by atoms with van der Waals surface area (Å²) >= 11 is 7.42. The van der Waals surface area contributed by atoms with Gasteiger partial charge in [-0.1, -0.05) is 11.6 Å². The number of halogens is 1. The zero-order valence-corrected chi connectivity index (χ0v) is 8.81. The first-order chi connectivity index (χ1) is 6.22. The predicted molar refractivity (Wildman–Crippen MR) is 55.9 cm³/mol. The van der Waals surface area contributed by atoms with Gasteiger partial charge in [-0.3, -0.25) is 0 Å². The van der Waals surface area contributed by atoms with E-state index < -0.39 is 0 Å². The van der Waals surface area contributed by atoms with Crippen molar-refractivity contribution in [1.29, 1.82) is 0 Å². The monoisotopic (exact) mass is 218 g/mol. The van der Waals surface area contributed by atoms with Crippen LogP contribution in [-0.4, -0.2) is 23.5 Å². The molecule has 1 aromatic rings. The van der Waals surface area contributed by atoms with Crippen LogP contribution in [0.2, 0.25) is 5.02 Å². The second kappa shape index (κ2) is 5.50. The third-order valence-corrected chi connectivity index (χ3v) is 3.05. The fraction of sp³-hybridized carbons (Fsp3) is 0.333. The molecule has 4 heteroatoms. The largest absolute Gasteiger partial charge is 0.390 e. The van der Waals surface area contributed by atoms with Gasteiger partial charge in [0, 0.05) is 9.92 Å². The minimum Gasteiger partial charge on any atom is -0.390 e. The molecule has 72 valence electrons. The zero-order valence-electron chi connectivity index (χ0n) is 7.24. The molecule has 0 saturated heterocycles. The Labute approximate surface area is 87.1 Å². The highest BCUT2D eigenvalue weighted by molar-refractivity contribution is 7.99. The summed E-state index contributed by atoms with van der Waals surface area (Å²) < 4.78 is 0. The molecule has 2 nitrogen and oxygen atoms in total. The Balaban J connectivity index is 2.41. The number of rotatable bonds is 4. The van der Waals surface area contributed by atoms with E-state index in [0.29, 0.717) is 0 Å². The third kappa shape index (κ3) is 4.00. The SMILES string of the molecule is [NH3+][C@H](CO)CSc1ccc(Cl)cc1. The molecule has 0 unspecified atom stereocenters. The van der Waals surface area contributed by atoms with Gasteiger partial charge in [-0.05, 0) is 24.3 Å². The normalized spacial score (nSPS) is 12.8. The van der Waals surface area contributed by atoms with Crippen LogP contribution in [0.3, 0.4) is 0 Å². The Morgan fingerprint density at radius 1 is 1.38 bits per heavy atom. The topological polar surface area (TPSA) is 47.9 Å². The molecule has 13 heavy (non-hydrogen) atoms. The molecule has 0 bridgehead atoms. The van der Waals surface area contributed by atoms with Gasteiger partial charge in [0.25, 0.3) is 0 Å². The lowest BCUT2D eigenvalue weighted by atomic mass is 10.4. The summed E-state index contributed by atoms with van der Waals surface area (Å²) in [5, 5.41) is 9.51. The van der Waals surface area contributed by atoms with E-state index in [9.17, 15) is 0 Å². The van der Waals surface area contributed by atoms with Crippen LogP contribution in [0.25, 0.3) is 0 Å². The van der Waals surface area contributed by atoms with Crippen LogP contribution in [0.5, 0.6) is 0 Å². The standard InChI is InChI=1S/C9H12ClNOS/c10-7-1-3-9(4-2-7)13-6-8(11)5-12/h1-4,8,12H,5-6,11H2/p+1/t8-/m1/s1. The number of hydrogen-bond donors (Lipinski definition) is 2. The second-order valence-electron chi connectivity index (χ2n) is 2.81. The summed E-state index contributed by atoms with van der Waals surface area (Å²) in [6, 6.07) is 7.76. The number of benzene rings is 1. The average Bonchev–Trinajstić information content (AvgIpc) is 2.16. The lowest BCUT2D eigenvalue weighted by molar-refractivity contribution is -0.417. The van der Waals surface area contributed by atoms with Crippen LogP contribution in [0.15, 0.2) is 29.2 Å². The van der Waals surface area contributed by atoms with Gasteiger partial charge in [0.2, 0.25) is 0 Å². The molecule has 0 fully saturated rings. The van der Waals surface area contributed by atoms with Gasteiger partial charge in [-0.15, -0.1) is 11.8 Å². The van der Waals surface area contributed by atoms with Gasteiger partial charge in [-0.2, -0.15) is 0 Å². The fourth-order valence-corrected chi connectivity index (χ4v) is 1.79. The van der Waals surface area contributed by atoms with Gasteiger partial charge >= 0.3 is 0 Å². The van der Waals surface area contributed by atoms with Gasteiger partial charge < -0.3 is 10.8 Å². The maximum absolute atomic E-state index is 8.76. The van der Waals surface area contributed by atoms with E-state index in [-0.39, 0.29) is 12.6 Å². The van der Waals surface area contributed by atoms with Crippen LogP contribution >= 0.6 is 23.4 Å². The van der Waals surface area contributed by atoms with Crippen molar-refractivity contribution in [2.24, 2.45) is 0 Å². The number of hydrogen-bond acceptors (Lipinski definition) is 2. The Morgan fingerprint density at radius 3 is 2.54 bits per heavy atom. The average molecular weight is 219 g/mol. The molecule has 1 aromatic carbocycles. The van der Waals surface area contributed by atoms with Crippen LogP contribution in [0.1, 0.15) is 0 Å². The third-order valence-electron chi connectivity index (χ3n) is 1.56. The van der Waals surface area contributed by atoms with E-state index in [1.165, 1.54) is 0 Å². The molecule has 1 atom stereocenters. The molecule has 0 radical (unpaired) electrons. The van der Waals surface area contributed by atoms with E-state index >= 15 is 0 Å². The van der Waals surface area contributed by atoms with Crippen molar-refractivity contribution in [1.82, 2.24) is 0 Å². The van der Waals surface area contributed by atoms with E-state index in [1.54, 1.807) is 11.8 Å². The maximum atomic E-state index is 8.76. The number of aliphatic hydroxyl groups excluding tert-OH is 1. The van der Waals surface area contributed by atoms with Crippen molar-refractivity contribution < 1.29 is 10.8 Å². The quantitative estimate of drug-likeness (QED) is 0.742. The smallest absolute Gasteiger partial charge is 0.117 e. The first-order valence-electron chi connectivity index (χ1n) is 4.04. The van der Waals surface area contributed by atoms with Gasteiger partial charge in [0.1, 0.15) is 6.04 Å². The van der Waals surface area contributed by atoms with E-state index in [0.717, 1.165) is 15.7 Å².